The van der Waals surface area contributed by atoms with E-state index in [1.54, 1.807) is 0 Å². The highest BCUT2D eigenvalue weighted by molar-refractivity contribution is 9.10. The molecule has 1 N–H and O–H groups in total. The molecule has 1 aromatic carbocycles. The molecule has 0 aliphatic carbocycles. The van der Waals surface area contributed by atoms with Crippen LogP contribution in [0.5, 0.6) is 0 Å². The second-order valence-corrected chi connectivity index (χ2v) is 4.29. The van der Waals surface area contributed by atoms with E-state index in [2.05, 4.69) is 26.0 Å². The van der Waals surface area contributed by atoms with Crippen LogP contribution >= 0.6 is 15.9 Å². The van der Waals surface area contributed by atoms with Crippen LogP contribution in [0.2, 0.25) is 0 Å². The summed E-state index contributed by atoms with van der Waals surface area (Å²) in [6.07, 6.45) is -4.25. The monoisotopic (exact) mass is 311 g/mol. The number of halogens is 4. The molecule has 2 nitrogen and oxygen atoms in total. The summed E-state index contributed by atoms with van der Waals surface area (Å²) in [7, 11) is 0. The van der Waals surface area contributed by atoms with Crippen molar-refractivity contribution in [3.8, 4) is 0 Å². The normalized spacial score (nSPS) is 11.8. The minimum absolute atomic E-state index is 0.0456. The molecule has 6 heteroatoms. The Morgan fingerprint density at radius 2 is 1.94 bits per heavy atom. The Hall–Kier alpha value is -0.590. The highest BCUT2D eigenvalue weighted by Crippen LogP contribution is 2.15. The number of benzene rings is 1. The SMILES string of the molecule is FC(F)(F)COCCNCc1ccccc1Br. The van der Waals surface area contributed by atoms with E-state index in [0.717, 1.165) is 10.0 Å². The molecule has 1 aromatic rings. The van der Waals surface area contributed by atoms with E-state index in [4.69, 9.17) is 0 Å². The lowest BCUT2D eigenvalue weighted by molar-refractivity contribution is -0.173. The second-order valence-electron chi connectivity index (χ2n) is 3.44. The van der Waals surface area contributed by atoms with E-state index in [0.29, 0.717) is 13.1 Å². The van der Waals surface area contributed by atoms with Crippen LogP contribution in [0, 0.1) is 0 Å². The summed E-state index contributed by atoms with van der Waals surface area (Å²) in [5.41, 5.74) is 1.06. The van der Waals surface area contributed by atoms with Crippen LogP contribution < -0.4 is 5.32 Å². The van der Waals surface area contributed by atoms with Gasteiger partial charge in [-0.05, 0) is 11.6 Å². The van der Waals surface area contributed by atoms with Crippen molar-refractivity contribution in [1.82, 2.24) is 5.32 Å². The van der Waals surface area contributed by atoms with Crippen LogP contribution in [0.3, 0.4) is 0 Å². The molecule has 0 atom stereocenters. The minimum Gasteiger partial charge on any atom is -0.371 e. The third kappa shape index (κ3) is 6.65. The maximum absolute atomic E-state index is 11.7. The lowest BCUT2D eigenvalue weighted by Crippen LogP contribution is -2.23. The maximum atomic E-state index is 11.7. The van der Waals surface area contributed by atoms with Crippen molar-refractivity contribution in [3.63, 3.8) is 0 Å². The first-order chi connectivity index (χ1) is 7.99. The zero-order valence-electron chi connectivity index (χ0n) is 9.06. The number of hydrogen-bond acceptors (Lipinski definition) is 2. The van der Waals surface area contributed by atoms with E-state index >= 15 is 0 Å². The fourth-order valence-corrected chi connectivity index (χ4v) is 1.62. The lowest BCUT2D eigenvalue weighted by Gasteiger charge is -2.09. The van der Waals surface area contributed by atoms with Crippen molar-refractivity contribution in [2.45, 2.75) is 12.7 Å². The summed E-state index contributed by atoms with van der Waals surface area (Å²) in [6.45, 7) is -0.165. The van der Waals surface area contributed by atoms with Crippen LogP contribution in [0.1, 0.15) is 5.56 Å². The maximum Gasteiger partial charge on any atom is 0.411 e. The molecule has 0 bridgehead atoms. The number of rotatable bonds is 6. The molecule has 0 saturated carbocycles. The van der Waals surface area contributed by atoms with E-state index in [1.165, 1.54) is 0 Å². The first-order valence-electron chi connectivity index (χ1n) is 5.07. The zero-order valence-corrected chi connectivity index (χ0v) is 10.6. The molecule has 0 heterocycles. The van der Waals surface area contributed by atoms with Gasteiger partial charge in [0.15, 0.2) is 0 Å². The predicted molar refractivity (Wildman–Crippen MR) is 62.7 cm³/mol. The molecule has 0 spiro atoms. The van der Waals surface area contributed by atoms with Crippen LogP contribution in [-0.4, -0.2) is 25.9 Å². The summed E-state index contributed by atoms with van der Waals surface area (Å²) >= 11 is 3.39. The van der Waals surface area contributed by atoms with Gasteiger partial charge in [0, 0.05) is 17.6 Å². The molecular weight excluding hydrogens is 299 g/mol. The van der Waals surface area contributed by atoms with Crippen molar-refractivity contribution in [3.05, 3.63) is 34.3 Å². The van der Waals surface area contributed by atoms with Gasteiger partial charge in [0.05, 0.1) is 6.61 Å². The summed E-state index contributed by atoms with van der Waals surface area (Å²) in [4.78, 5) is 0. The Kier molecular flexibility index (Phi) is 5.94. The Balaban J connectivity index is 2.11. The number of ether oxygens (including phenoxy) is 1. The fourth-order valence-electron chi connectivity index (χ4n) is 1.20. The van der Waals surface area contributed by atoms with Crippen molar-refractivity contribution in [1.29, 1.82) is 0 Å². The van der Waals surface area contributed by atoms with Gasteiger partial charge in [-0.1, -0.05) is 34.1 Å². The van der Waals surface area contributed by atoms with Crippen molar-refractivity contribution >= 4 is 15.9 Å². The molecule has 96 valence electrons. The lowest BCUT2D eigenvalue weighted by atomic mass is 10.2. The van der Waals surface area contributed by atoms with Crippen molar-refractivity contribution in [2.24, 2.45) is 0 Å². The van der Waals surface area contributed by atoms with Gasteiger partial charge in [0.1, 0.15) is 6.61 Å². The summed E-state index contributed by atoms with van der Waals surface area (Å²) in [5, 5.41) is 3.01. The molecule has 0 unspecified atom stereocenters. The van der Waals surface area contributed by atoms with Crippen LogP contribution in [0.4, 0.5) is 13.2 Å². The quantitative estimate of drug-likeness (QED) is 0.815. The van der Waals surface area contributed by atoms with Gasteiger partial charge in [0.25, 0.3) is 0 Å². The third-order valence-corrected chi connectivity index (χ3v) is 2.74. The number of alkyl halides is 3. The van der Waals surface area contributed by atoms with Crippen LogP contribution in [-0.2, 0) is 11.3 Å². The van der Waals surface area contributed by atoms with Gasteiger partial charge in [0.2, 0.25) is 0 Å². The van der Waals surface area contributed by atoms with Gasteiger partial charge in [-0.15, -0.1) is 0 Å². The third-order valence-electron chi connectivity index (χ3n) is 1.96. The van der Waals surface area contributed by atoms with E-state index in [-0.39, 0.29) is 6.61 Å². The van der Waals surface area contributed by atoms with Gasteiger partial charge in [-0.25, -0.2) is 0 Å². The molecule has 0 radical (unpaired) electrons. The van der Waals surface area contributed by atoms with E-state index in [9.17, 15) is 13.2 Å². The summed E-state index contributed by atoms with van der Waals surface area (Å²) in [5.74, 6) is 0. The Morgan fingerprint density at radius 3 is 2.59 bits per heavy atom. The Morgan fingerprint density at radius 1 is 1.24 bits per heavy atom. The molecule has 0 fully saturated rings. The highest BCUT2D eigenvalue weighted by Gasteiger charge is 2.27. The predicted octanol–water partition coefficient (Wildman–Crippen LogP) is 3.12. The average molecular weight is 312 g/mol. The van der Waals surface area contributed by atoms with Gasteiger partial charge in [-0.3, -0.25) is 0 Å². The first-order valence-corrected chi connectivity index (χ1v) is 5.87. The number of hydrogen-bond donors (Lipinski definition) is 1. The van der Waals surface area contributed by atoms with E-state index in [1.807, 2.05) is 24.3 Å². The summed E-state index contributed by atoms with van der Waals surface area (Å²) in [6, 6.07) is 7.66. The Bertz CT molecular complexity index is 344. The van der Waals surface area contributed by atoms with Crippen LogP contribution in [0.15, 0.2) is 28.7 Å². The van der Waals surface area contributed by atoms with E-state index < -0.39 is 12.8 Å². The molecule has 0 aliphatic heterocycles. The Labute approximate surface area is 106 Å². The van der Waals surface area contributed by atoms with Crippen molar-refractivity contribution < 1.29 is 17.9 Å². The molecule has 0 aromatic heterocycles. The molecule has 0 saturated heterocycles. The minimum atomic E-state index is -4.25. The molecule has 0 aliphatic rings. The first kappa shape index (κ1) is 14.5. The molecule has 17 heavy (non-hydrogen) atoms. The van der Waals surface area contributed by atoms with Gasteiger partial charge < -0.3 is 10.1 Å². The topological polar surface area (TPSA) is 21.3 Å². The largest absolute Gasteiger partial charge is 0.411 e. The molecule has 1 rings (SSSR count). The van der Waals surface area contributed by atoms with Gasteiger partial charge in [-0.2, -0.15) is 13.2 Å². The standard InChI is InChI=1S/C11H13BrF3NO/c12-10-4-2-1-3-9(10)7-16-5-6-17-8-11(13,14)15/h1-4,16H,5-8H2. The highest BCUT2D eigenvalue weighted by atomic mass is 79.9. The number of nitrogens with one attached hydrogen (secondary N) is 1. The summed E-state index contributed by atoms with van der Waals surface area (Å²) < 4.78 is 40.6. The van der Waals surface area contributed by atoms with Crippen molar-refractivity contribution in [2.75, 3.05) is 19.8 Å². The molecular formula is C11H13BrF3NO. The van der Waals surface area contributed by atoms with Crippen LogP contribution in [0.25, 0.3) is 0 Å². The zero-order chi connectivity index (χ0) is 12.7. The van der Waals surface area contributed by atoms with Gasteiger partial charge >= 0.3 is 6.18 Å². The fraction of sp³-hybridized carbons (Fsp3) is 0.455. The second kappa shape index (κ2) is 6.98. The smallest absolute Gasteiger partial charge is 0.371 e. The average Bonchev–Trinajstić information content (AvgIpc) is 2.24. The molecule has 0 amide bonds.